The van der Waals surface area contributed by atoms with Crippen LogP contribution in [0.1, 0.15) is 37.2 Å². The van der Waals surface area contributed by atoms with E-state index in [-0.39, 0.29) is 17.6 Å². The maximum atomic E-state index is 13.3. The first kappa shape index (κ1) is 8.67. The molecular weight excluding hydrogens is 170 g/mol. The first-order valence-electron chi connectivity index (χ1n) is 4.73. The maximum absolute atomic E-state index is 13.3. The molecule has 0 radical (unpaired) electrons. The van der Waals surface area contributed by atoms with Gasteiger partial charge >= 0.3 is 0 Å². The summed E-state index contributed by atoms with van der Waals surface area (Å²) in [5.41, 5.74) is 0.306. The van der Waals surface area contributed by atoms with E-state index >= 15 is 0 Å². The number of rotatable bonds is 1. The fourth-order valence-corrected chi connectivity index (χ4v) is 2.12. The van der Waals surface area contributed by atoms with Crippen LogP contribution in [0.5, 0.6) is 0 Å². The molecule has 0 aliphatic heterocycles. The fraction of sp³-hybridized carbons (Fsp3) is 0.455. The summed E-state index contributed by atoms with van der Waals surface area (Å²) >= 11 is 0. The largest absolute Gasteiger partial charge is 0.207 e. The molecule has 1 aromatic rings. The minimum atomic E-state index is -0.382. The van der Waals surface area contributed by atoms with E-state index in [1.165, 1.54) is 18.2 Å². The number of halogens is 2. The Kier molecular flexibility index (Phi) is 2.30. The molecule has 0 amide bonds. The summed E-state index contributed by atoms with van der Waals surface area (Å²) < 4.78 is 26.5. The highest BCUT2D eigenvalue weighted by Gasteiger charge is 2.22. The Bertz CT molecular complexity index is 281. The zero-order valence-corrected chi connectivity index (χ0v) is 7.39. The summed E-state index contributed by atoms with van der Waals surface area (Å²) in [5.74, 6) is -0.653. The zero-order valence-electron chi connectivity index (χ0n) is 7.39. The average Bonchev–Trinajstić information content (AvgIpc) is 2.57. The molecular formula is C11H12F2. The summed E-state index contributed by atoms with van der Waals surface area (Å²) in [7, 11) is 0. The van der Waals surface area contributed by atoms with E-state index in [1.807, 2.05) is 0 Å². The van der Waals surface area contributed by atoms with Crippen LogP contribution in [0.3, 0.4) is 0 Å². The second-order valence-electron chi connectivity index (χ2n) is 3.62. The quantitative estimate of drug-likeness (QED) is 0.622. The lowest BCUT2D eigenvalue weighted by Gasteiger charge is -2.11. The SMILES string of the molecule is Fc1cccc(F)c1C1CCCC1. The molecule has 1 saturated carbocycles. The molecule has 0 spiro atoms. The third kappa shape index (κ3) is 1.58. The van der Waals surface area contributed by atoms with Crippen LogP contribution in [0, 0.1) is 11.6 Å². The van der Waals surface area contributed by atoms with Crippen LogP contribution in [0.25, 0.3) is 0 Å². The lowest BCUT2D eigenvalue weighted by molar-refractivity contribution is 0.524. The van der Waals surface area contributed by atoms with Gasteiger partial charge in [0.15, 0.2) is 0 Å². The topological polar surface area (TPSA) is 0 Å². The van der Waals surface area contributed by atoms with Gasteiger partial charge in [-0.1, -0.05) is 18.9 Å². The third-order valence-electron chi connectivity index (χ3n) is 2.76. The molecule has 0 bridgehead atoms. The summed E-state index contributed by atoms with van der Waals surface area (Å²) in [5, 5.41) is 0. The number of benzene rings is 1. The average molecular weight is 182 g/mol. The second kappa shape index (κ2) is 3.44. The Morgan fingerprint density at radius 2 is 1.54 bits per heavy atom. The normalized spacial score (nSPS) is 18.0. The molecule has 1 aliphatic carbocycles. The molecule has 0 unspecified atom stereocenters. The van der Waals surface area contributed by atoms with Gasteiger partial charge < -0.3 is 0 Å². The van der Waals surface area contributed by atoms with Crippen LogP contribution in [0.15, 0.2) is 18.2 Å². The molecule has 13 heavy (non-hydrogen) atoms. The maximum Gasteiger partial charge on any atom is 0.129 e. The highest BCUT2D eigenvalue weighted by atomic mass is 19.1. The minimum Gasteiger partial charge on any atom is -0.207 e. The van der Waals surface area contributed by atoms with Crippen molar-refractivity contribution in [1.82, 2.24) is 0 Å². The Balaban J connectivity index is 2.37. The first-order chi connectivity index (χ1) is 6.29. The van der Waals surface area contributed by atoms with Crippen molar-refractivity contribution in [1.29, 1.82) is 0 Å². The number of hydrogen-bond donors (Lipinski definition) is 0. The molecule has 1 aromatic carbocycles. The second-order valence-corrected chi connectivity index (χ2v) is 3.62. The summed E-state index contributed by atoms with van der Waals surface area (Å²) in [6, 6.07) is 4.11. The van der Waals surface area contributed by atoms with Crippen molar-refractivity contribution in [3.63, 3.8) is 0 Å². The number of hydrogen-bond acceptors (Lipinski definition) is 0. The van der Waals surface area contributed by atoms with Gasteiger partial charge in [-0.15, -0.1) is 0 Å². The highest BCUT2D eigenvalue weighted by molar-refractivity contribution is 5.24. The van der Waals surface area contributed by atoms with E-state index < -0.39 is 0 Å². The lowest BCUT2D eigenvalue weighted by Crippen LogP contribution is -2.00. The summed E-state index contributed by atoms with van der Waals surface area (Å²) in [6.07, 6.45) is 4.05. The van der Waals surface area contributed by atoms with Gasteiger partial charge in [-0.2, -0.15) is 0 Å². The van der Waals surface area contributed by atoms with Gasteiger partial charge in [-0.25, -0.2) is 8.78 Å². The van der Waals surface area contributed by atoms with Crippen LogP contribution in [-0.4, -0.2) is 0 Å². The Morgan fingerprint density at radius 3 is 2.08 bits per heavy atom. The van der Waals surface area contributed by atoms with Crippen molar-refractivity contribution < 1.29 is 8.78 Å². The van der Waals surface area contributed by atoms with Gasteiger partial charge in [0.1, 0.15) is 11.6 Å². The van der Waals surface area contributed by atoms with Crippen LogP contribution in [0.4, 0.5) is 8.78 Å². The Labute approximate surface area is 76.6 Å². The van der Waals surface area contributed by atoms with Crippen molar-refractivity contribution in [3.8, 4) is 0 Å². The van der Waals surface area contributed by atoms with E-state index in [9.17, 15) is 8.78 Å². The van der Waals surface area contributed by atoms with Gasteiger partial charge in [0.2, 0.25) is 0 Å². The van der Waals surface area contributed by atoms with Crippen LogP contribution in [0.2, 0.25) is 0 Å². The Morgan fingerprint density at radius 1 is 1.00 bits per heavy atom. The van der Waals surface area contributed by atoms with Gasteiger partial charge in [0, 0.05) is 5.56 Å². The van der Waals surface area contributed by atoms with Crippen molar-refractivity contribution in [3.05, 3.63) is 35.4 Å². The van der Waals surface area contributed by atoms with Crippen molar-refractivity contribution in [2.45, 2.75) is 31.6 Å². The predicted molar refractivity (Wildman–Crippen MR) is 47.6 cm³/mol. The molecule has 2 rings (SSSR count). The molecule has 0 atom stereocenters. The fourth-order valence-electron chi connectivity index (χ4n) is 2.12. The van der Waals surface area contributed by atoms with Crippen molar-refractivity contribution >= 4 is 0 Å². The minimum absolute atomic E-state index is 0.112. The van der Waals surface area contributed by atoms with Gasteiger partial charge in [0.25, 0.3) is 0 Å². The van der Waals surface area contributed by atoms with Crippen LogP contribution >= 0.6 is 0 Å². The molecule has 70 valence electrons. The monoisotopic (exact) mass is 182 g/mol. The summed E-state index contributed by atoms with van der Waals surface area (Å²) in [4.78, 5) is 0. The third-order valence-corrected chi connectivity index (χ3v) is 2.76. The van der Waals surface area contributed by atoms with Gasteiger partial charge in [-0.3, -0.25) is 0 Å². The molecule has 0 nitrogen and oxygen atoms in total. The first-order valence-corrected chi connectivity index (χ1v) is 4.73. The van der Waals surface area contributed by atoms with Gasteiger partial charge in [0.05, 0.1) is 0 Å². The van der Waals surface area contributed by atoms with E-state index in [1.54, 1.807) is 0 Å². The Hall–Kier alpha value is -0.920. The standard InChI is InChI=1S/C11H12F2/c12-9-6-3-7-10(13)11(9)8-4-1-2-5-8/h3,6-8H,1-2,4-5H2. The summed E-state index contributed by atoms with van der Waals surface area (Å²) in [6.45, 7) is 0. The molecule has 0 N–H and O–H groups in total. The van der Waals surface area contributed by atoms with E-state index in [0.717, 1.165) is 25.7 Å². The van der Waals surface area contributed by atoms with E-state index in [2.05, 4.69) is 0 Å². The smallest absolute Gasteiger partial charge is 0.129 e. The molecule has 0 aromatic heterocycles. The lowest BCUT2D eigenvalue weighted by atomic mass is 9.97. The molecule has 1 aliphatic rings. The van der Waals surface area contributed by atoms with Crippen molar-refractivity contribution in [2.75, 3.05) is 0 Å². The van der Waals surface area contributed by atoms with E-state index in [0.29, 0.717) is 5.56 Å². The predicted octanol–water partition coefficient (Wildman–Crippen LogP) is 3.62. The van der Waals surface area contributed by atoms with Crippen molar-refractivity contribution in [2.24, 2.45) is 0 Å². The van der Waals surface area contributed by atoms with E-state index in [4.69, 9.17) is 0 Å². The van der Waals surface area contributed by atoms with Crippen LogP contribution in [-0.2, 0) is 0 Å². The molecule has 0 saturated heterocycles. The van der Waals surface area contributed by atoms with Gasteiger partial charge in [-0.05, 0) is 30.9 Å². The zero-order chi connectivity index (χ0) is 9.26. The molecule has 1 fully saturated rings. The molecule has 0 heterocycles. The molecule has 2 heteroatoms. The van der Waals surface area contributed by atoms with Crippen LogP contribution < -0.4 is 0 Å². The highest BCUT2D eigenvalue weighted by Crippen LogP contribution is 2.36.